The van der Waals surface area contributed by atoms with Gasteiger partial charge in [-0.05, 0) is 95.0 Å². The summed E-state index contributed by atoms with van der Waals surface area (Å²) >= 11 is 0. The van der Waals surface area contributed by atoms with Gasteiger partial charge in [0.15, 0.2) is 0 Å². The summed E-state index contributed by atoms with van der Waals surface area (Å²) < 4.78 is 5.97. The largest absolute Gasteiger partial charge is 0.508 e. The Hall–Kier alpha value is -3.15. The number of esters is 1. The van der Waals surface area contributed by atoms with Crippen molar-refractivity contribution in [2.24, 2.45) is 11.8 Å². The molecule has 0 amide bonds. The van der Waals surface area contributed by atoms with Crippen molar-refractivity contribution in [2.45, 2.75) is 104 Å². The third-order valence-corrected chi connectivity index (χ3v) is 7.44. The van der Waals surface area contributed by atoms with Crippen molar-refractivity contribution >= 4 is 5.97 Å². The molecule has 5 nitrogen and oxygen atoms in total. The molecule has 0 bridgehead atoms. The summed E-state index contributed by atoms with van der Waals surface area (Å²) in [5.74, 6) is -0.0314. The molecular weight excluding hydrogens is 522 g/mol. The Balaban J connectivity index is 2.05. The molecule has 0 aliphatic heterocycles. The van der Waals surface area contributed by atoms with Crippen LogP contribution in [0.5, 0.6) is 5.75 Å². The molecule has 1 N–H and O–H groups in total. The maximum atomic E-state index is 13.8. The van der Waals surface area contributed by atoms with E-state index in [9.17, 15) is 9.90 Å². The Kier molecular flexibility index (Phi) is 11.4. The fraction of sp³-hybridized carbons (Fsp3) is 0.486. The summed E-state index contributed by atoms with van der Waals surface area (Å²) in [7, 11) is 0. The molecule has 4 atom stereocenters. The third-order valence-electron chi connectivity index (χ3n) is 7.44. The second-order valence-corrected chi connectivity index (χ2v) is 13.8. The second kappa shape index (κ2) is 14.3. The van der Waals surface area contributed by atoms with Crippen LogP contribution in [0.25, 0.3) is 0 Å². The molecule has 0 heterocycles. The molecule has 3 aromatic rings. The van der Waals surface area contributed by atoms with E-state index in [-0.39, 0.29) is 35.1 Å². The van der Waals surface area contributed by atoms with Crippen LogP contribution >= 0.6 is 0 Å². The first-order valence-electron chi connectivity index (χ1n) is 15.2. The summed E-state index contributed by atoms with van der Waals surface area (Å²) in [6.45, 7) is 18.8. The zero-order valence-electron chi connectivity index (χ0n) is 27.0. The number of carbonyl (C=O) groups excluding carboxylic acids is 1. The van der Waals surface area contributed by atoms with Crippen LogP contribution < -0.4 is 0 Å². The highest BCUT2D eigenvalue weighted by Crippen LogP contribution is 2.40. The molecule has 42 heavy (non-hydrogen) atoms. The lowest BCUT2D eigenvalue weighted by Crippen LogP contribution is -2.46. The van der Waals surface area contributed by atoms with Crippen molar-refractivity contribution in [3.63, 3.8) is 0 Å². The van der Waals surface area contributed by atoms with E-state index in [1.807, 2.05) is 57.2 Å². The Morgan fingerprint density at radius 1 is 0.738 bits per heavy atom. The molecule has 3 rings (SSSR count). The van der Waals surface area contributed by atoms with Gasteiger partial charge in [0.1, 0.15) is 17.5 Å². The molecule has 5 heteroatoms. The minimum absolute atomic E-state index is 0.0194. The average molecular weight is 574 g/mol. The highest BCUT2D eigenvalue weighted by Gasteiger charge is 2.38. The van der Waals surface area contributed by atoms with E-state index in [0.717, 1.165) is 5.56 Å². The van der Waals surface area contributed by atoms with Crippen molar-refractivity contribution in [1.29, 1.82) is 0 Å². The molecule has 0 aromatic heterocycles. The maximum absolute atomic E-state index is 13.8. The van der Waals surface area contributed by atoms with Crippen molar-refractivity contribution in [2.75, 3.05) is 0 Å². The molecule has 0 saturated carbocycles. The van der Waals surface area contributed by atoms with Gasteiger partial charge in [-0.3, -0.25) is 9.63 Å². The average Bonchev–Trinajstić information content (AvgIpc) is 2.91. The predicted molar refractivity (Wildman–Crippen MR) is 171 cm³/mol. The number of phenols is 1. The maximum Gasteiger partial charge on any atom is 0.309 e. The normalized spacial score (nSPS) is 15.3. The van der Waals surface area contributed by atoms with E-state index in [0.29, 0.717) is 12.8 Å². The van der Waals surface area contributed by atoms with Gasteiger partial charge in [-0.15, -0.1) is 0 Å². The fourth-order valence-electron chi connectivity index (χ4n) is 5.42. The molecule has 3 aromatic carbocycles. The van der Waals surface area contributed by atoms with E-state index < -0.39 is 17.6 Å². The molecule has 4 unspecified atom stereocenters. The molecular formula is C37H51NO4. The van der Waals surface area contributed by atoms with Gasteiger partial charge in [-0.2, -0.15) is 5.06 Å². The Labute approximate surface area is 253 Å². The number of hydroxylamine groups is 2. The SMILES string of the molecule is CC(CC(CC(ON(C(c1ccccc1)C(C)C)C(C)(C)C)c1ccc(O)cc1)C(=O)OC(C)(C)C)c1ccccc1. The molecule has 0 fully saturated rings. The van der Waals surface area contributed by atoms with Gasteiger partial charge in [0.05, 0.1) is 12.0 Å². The second-order valence-electron chi connectivity index (χ2n) is 13.8. The number of hydrogen-bond donors (Lipinski definition) is 1. The number of benzene rings is 3. The topological polar surface area (TPSA) is 59.0 Å². The molecule has 0 radical (unpaired) electrons. The van der Waals surface area contributed by atoms with Crippen LogP contribution in [0.3, 0.4) is 0 Å². The zero-order valence-corrected chi connectivity index (χ0v) is 27.0. The van der Waals surface area contributed by atoms with E-state index >= 15 is 0 Å². The number of hydrogen-bond acceptors (Lipinski definition) is 5. The summed E-state index contributed by atoms with van der Waals surface area (Å²) in [5, 5.41) is 12.2. The van der Waals surface area contributed by atoms with E-state index in [4.69, 9.17) is 9.57 Å². The third kappa shape index (κ3) is 9.71. The number of carbonyl (C=O) groups is 1. The lowest BCUT2D eigenvalue weighted by Gasteiger charge is -2.44. The molecule has 0 spiro atoms. The first-order valence-corrected chi connectivity index (χ1v) is 15.2. The Morgan fingerprint density at radius 3 is 1.74 bits per heavy atom. The zero-order chi connectivity index (χ0) is 31.1. The lowest BCUT2D eigenvalue weighted by atomic mass is 9.85. The van der Waals surface area contributed by atoms with Crippen LogP contribution in [0.2, 0.25) is 0 Å². The van der Waals surface area contributed by atoms with E-state index in [1.165, 1.54) is 11.1 Å². The summed E-state index contributed by atoms with van der Waals surface area (Å²) in [4.78, 5) is 20.8. The van der Waals surface area contributed by atoms with Crippen LogP contribution in [-0.4, -0.2) is 27.3 Å². The molecule has 0 aliphatic carbocycles. The minimum atomic E-state index is -0.603. The quantitative estimate of drug-likeness (QED) is 0.173. The molecule has 228 valence electrons. The predicted octanol–water partition coefficient (Wildman–Crippen LogP) is 9.40. The summed E-state index contributed by atoms with van der Waals surface area (Å²) in [6.07, 6.45) is 0.608. The van der Waals surface area contributed by atoms with Gasteiger partial charge in [0.2, 0.25) is 0 Å². The monoisotopic (exact) mass is 573 g/mol. The highest BCUT2D eigenvalue weighted by atomic mass is 16.7. The van der Waals surface area contributed by atoms with Crippen LogP contribution in [0.15, 0.2) is 84.9 Å². The van der Waals surface area contributed by atoms with Crippen LogP contribution in [0.4, 0.5) is 0 Å². The standard InChI is InChI=1S/C37H51NO4/c1-26(2)34(30-18-14-11-15-19-30)38(36(4,5)6)42-33(29-20-22-32(39)23-21-29)25-31(35(40)41-37(7,8)9)24-27(3)28-16-12-10-13-17-28/h10-23,26-27,31,33-34,39H,24-25H2,1-9H3. The van der Waals surface area contributed by atoms with Gasteiger partial charge in [0, 0.05) is 5.54 Å². The summed E-state index contributed by atoms with van der Waals surface area (Å²) in [5.41, 5.74) is 2.31. The minimum Gasteiger partial charge on any atom is -0.508 e. The number of phenolic OH excluding ortho intramolecular Hbond substituents is 1. The van der Waals surface area contributed by atoms with Crippen LogP contribution in [0.1, 0.15) is 110 Å². The molecule has 0 saturated heterocycles. The van der Waals surface area contributed by atoms with Gasteiger partial charge >= 0.3 is 5.97 Å². The van der Waals surface area contributed by atoms with Gasteiger partial charge in [-0.1, -0.05) is 93.6 Å². The number of rotatable bonds is 12. The summed E-state index contributed by atoms with van der Waals surface area (Å²) in [6, 6.07) is 27.9. The first-order chi connectivity index (χ1) is 19.7. The van der Waals surface area contributed by atoms with Gasteiger partial charge < -0.3 is 9.84 Å². The van der Waals surface area contributed by atoms with Crippen molar-refractivity contribution in [3.8, 4) is 5.75 Å². The smallest absolute Gasteiger partial charge is 0.309 e. The fourth-order valence-corrected chi connectivity index (χ4v) is 5.42. The van der Waals surface area contributed by atoms with Crippen LogP contribution in [-0.2, 0) is 14.4 Å². The van der Waals surface area contributed by atoms with Crippen molar-refractivity contribution in [1.82, 2.24) is 5.06 Å². The highest BCUT2D eigenvalue weighted by molar-refractivity contribution is 5.73. The number of nitrogens with zero attached hydrogens (tertiary/aromatic N) is 1. The first kappa shape index (κ1) is 33.4. The van der Waals surface area contributed by atoms with E-state index in [2.05, 4.69) is 83.0 Å². The van der Waals surface area contributed by atoms with Crippen molar-refractivity contribution in [3.05, 3.63) is 102 Å². The van der Waals surface area contributed by atoms with Crippen molar-refractivity contribution < 1.29 is 19.5 Å². The Morgan fingerprint density at radius 2 is 1.26 bits per heavy atom. The van der Waals surface area contributed by atoms with E-state index in [1.54, 1.807) is 12.1 Å². The number of aromatic hydroxyl groups is 1. The number of ether oxygens (including phenoxy) is 1. The van der Waals surface area contributed by atoms with Gasteiger partial charge in [-0.25, -0.2) is 0 Å². The van der Waals surface area contributed by atoms with Gasteiger partial charge in [0.25, 0.3) is 0 Å². The van der Waals surface area contributed by atoms with Crippen LogP contribution in [0, 0.1) is 11.8 Å². The molecule has 0 aliphatic rings. The Bertz CT molecular complexity index is 1230. The lowest BCUT2D eigenvalue weighted by molar-refractivity contribution is -0.279.